The number of carbonyl (C=O) groups excluding carboxylic acids is 2. The van der Waals surface area contributed by atoms with Gasteiger partial charge in [0.2, 0.25) is 5.95 Å². The predicted octanol–water partition coefficient (Wildman–Crippen LogP) is 3.27. The fraction of sp³-hybridized carbons (Fsp3) is 0.222. The Morgan fingerprint density at radius 2 is 1.92 bits per heavy atom. The predicted molar refractivity (Wildman–Crippen MR) is 137 cm³/mol. The second-order valence-corrected chi connectivity index (χ2v) is 8.32. The number of pyridine rings is 1. The number of ether oxygens (including phenoxy) is 1. The van der Waals surface area contributed by atoms with Crippen LogP contribution in [0.25, 0.3) is 11.2 Å². The van der Waals surface area contributed by atoms with Crippen molar-refractivity contribution in [1.82, 2.24) is 19.9 Å². The Kier molecular flexibility index (Phi) is 8.08. The molecule has 2 aromatic heterocycles. The van der Waals surface area contributed by atoms with Gasteiger partial charge in [0.15, 0.2) is 5.65 Å². The van der Waals surface area contributed by atoms with E-state index < -0.39 is 5.91 Å². The Hall–Kier alpha value is -4.75. The molecule has 2 aromatic carbocycles. The Morgan fingerprint density at radius 1 is 1.11 bits per heavy atom. The zero-order valence-corrected chi connectivity index (χ0v) is 20.3. The van der Waals surface area contributed by atoms with Crippen LogP contribution in [0, 0.1) is 11.3 Å². The molecule has 10 heteroatoms. The number of aryl methyl sites for hydroxylation is 1. The van der Waals surface area contributed by atoms with Gasteiger partial charge in [0.25, 0.3) is 11.8 Å². The van der Waals surface area contributed by atoms with Gasteiger partial charge in [-0.3, -0.25) is 19.5 Å². The van der Waals surface area contributed by atoms with Crippen LogP contribution in [0.4, 0.5) is 5.95 Å². The SMILES string of the molecule is COCCCn1c(NC(=O)c2cccc(C#N)c2)nc2cc(C(=O)NCCc3ccc(O)cc3)cnc21. The van der Waals surface area contributed by atoms with Gasteiger partial charge in [0.1, 0.15) is 11.3 Å². The van der Waals surface area contributed by atoms with E-state index in [4.69, 9.17) is 10.00 Å². The van der Waals surface area contributed by atoms with Gasteiger partial charge in [0, 0.05) is 38.6 Å². The third kappa shape index (κ3) is 6.28. The number of phenols is 1. The van der Waals surface area contributed by atoms with Gasteiger partial charge in [-0.1, -0.05) is 18.2 Å². The first-order chi connectivity index (χ1) is 18.0. The van der Waals surface area contributed by atoms with E-state index in [2.05, 4.69) is 20.6 Å². The summed E-state index contributed by atoms with van der Waals surface area (Å²) in [5.74, 6) is -0.218. The van der Waals surface area contributed by atoms with Gasteiger partial charge >= 0.3 is 0 Å². The van der Waals surface area contributed by atoms with Crippen LogP contribution < -0.4 is 10.6 Å². The number of methoxy groups -OCH3 is 1. The van der Waals surface area contributed by atoms with Gasteiger partial charge in [0.05, 0.1) is 17.2 Å². The van der Waals surface area contributed by atoms with Crippen molar-refractivity contribution in [3.8, 4) is 11.8 Å². The van der Waals surface area contributed by atoms with Crippen LogP contribution in [0.3, 0.4) is 0 Å². The number of imidazole rings is 1. The average Bonchev–Trinajstić information content (AvgIpc) is 3.25. The molecule has 0 unspecified atom stereocenters. The van der Waals surface area contributed by atoms with Crippen LogP contribution >= 0.6 is 0 Å². The number of nitrogens with one attached hydrogen (secondary N) is 2. The molecule has 0 bridgehead atoms. The molecule has 4 aromatic rings. The third-order valence-corrected chi connectivity index (χ3v) is 5.69. The highest BCUT2D eigenvalue weighted by Gasteiger charge is 2.17. The minimum absolute atomic E-state index is 0.195. The maximum absolute atomic E-state index is 12.9. The van der Waals surface area contributed by atoms with Crippen molar-refractivity contribution in [2.24, 2.45) is 0 Å². The number of nitrogens with zero attached hydrogens (tertiary/aromatic N) is 4. The summed E-state index contributed by atoms with van der Waals surface area (Å²) in [5.41, 5.74) is 3.03. The summed E-state index contributed by atoms with van der Waals surface area (Å²) < 4.78 is 6.93. The Morgan fingerprint density at radius 3 is 2.68 bits per heavy atom. The summed E-state index contributed by atoms with van der Waals surface area (Å²) in [6.07, 6.45) is 2.75. The monoisotopic (exact) mass is 498 g/mol. The molecular formula is C27H26N6O4. The average molecular weight is 499 g/mol. The normalized spacial score (nSPS) is 10.7. The van der Waals surface area contributed by atoms with E-state index in [-0.39, 0.29) is 17.6 Å². The fourth-order valence-corrected chi connectivity index (χ4v) is 3.80. The number of aromatic nitrogens is 3. The summed E-state index contributed by atoms with van der Waals surface area (Å²) in [6.45, 7) is 1.42. The van der Waals surface area contributed by atoms with Crippen LogP contribution in [-0.2, 0) is 17.7 Å². The first kappa shape index (κ1) is 25.3. The van der Waals surface area contributed by atoms with Gasteiger partial charge in [-0.25, -0.2) is 9.97 Å². The lowest BCUT2D eigenvalue weighted by Gasteiger charge is -2.10. The van der Waals surface area contributed by atoms with Crippen LogP contribution in [0.2, 0.25) is 0 Å². The molecule has 0 aliphatic carbocycles. The van der Waals surface area contributed by atoms with E-state index in [1.54, 1.807) is 60.2 Å². The van der Waals surface area contributed by atoms with Crippen LogP contribution in [0.5, 0.6) is 5.75 Å². The standard InChI is InChI=1S/C27H26N6O4/c1-37-13-3-12-33-24-23(31-27(33)32-26(36)20-5-2-4-19(14-20)16-28)15-21(17-30-24)25(35)29-11-10-18-6-8-22(34)9-7-18/h2,4-9,14-15,17,34H,3,10-13H2,1H3,(H,29,35)(H,31,32,36). The molecule has 10 nitrogen and oxygen atoms in total. The largest absolute Gasteiger partial charge is 0.508 e. The topological polar surface area (TPSA) is 142 Å². The minimum Gasteiger partial charge on any atom is -0.508 e. The molecule has 4 rings (SSSR count). The van der Waals surface area contributed by atoms with E-state index >= 15 is 0 Å². The molecular weight excluding hydrogens is 472 g/mol. The third-order valence-electron chi connectivity index (χ3n) is 5.69. The van der Waals surface area contributed by atoms with Crippen molar-refractivity contribution in [1.29, 1.82) is 5.26 Å². The van der Waals surface area contributed by atoms with Crippen molar-refractivity contribution >= 4 is 28.9 Å². The number of aromatic hydroxyl groups is 1. The highest BCUT2D eigenvalue weighted by molar-refractivity contribution is 6.04. The molecule has 2 heterocycles. The van der Waals surface area contributed by atoms with Crippen LogP contribution in [-0.4, -0.2) is 51.7 Å². The number of fused-ring (bicyclic) bond motifs is 1. The number of phenolic OH excluding ortho intramolecular Hbond substituents is 1. The number of hydrogen-bond acceptors (Lipinski definition) is 7. The van der Waals surface area contributed by atoms with E-state index in [0.29, 0.717) is 60.4 Å². The Bertz CT molecular complexity index is 1460. The summed E-state index contributed by atoms with van der Waals surface area (Å²) >= 11 is 0. The zero-order chi connectivity index (χ0) is 26.2. The van der Waals surface area contributed by atoms with Gasteiger partial charge in [-0.15, -0.1) is 0 Å². The molecule has 0 saturated heterocycles. The van der Waals surface area contributed by atoms with Crippen molar-refractivity contribution < 1.29 is 19.4 Å². The maximum atomic E-state index is 12.9. The van der Waals surface area contributed by atoms with Gasteiger partial charge in [-0.2, -0.15) is 5.26 Å². The molecule has 37 heavy (non-hydrogen) atoms. The van der Waals surface area contributed by atoms with Crippen molar-refractivity contribution in [2.45, 2.75) is 19.4 Å². The molecule has 0 aliphatic rings. The first-order valence-electron chi connectivity index (χ1n) is 11.7. The lowest BCUT2D eigenvalue weighted by Crippen LogP contribution is -2.25. The molecule has 2 amide bonds. The van der Waals surface area contributed by atoms with E-state index in [0.717, 1.165) is 5.56 Å². The lowest BCUT2D eigenvalue weighted by molar-refractivity contribution is 0.0953. The molecule has 0 radical (unpaired) electrons. The summed E-state index contributed by atoms with van der Waals surface area (Å²) in [7, 11) is 1.61. The minimum atomic E-state index is -0.410. The van der Waals surface area contributed by atoms with Crippen molar-refractivity contribution in [3.63, 3.8) is 0 Å². The van der Waals surface area contributed by atoms with Crippen LogP contribution in [0.15, 0.2) is 60.8 Å². The Balaban J connectivity index is 1.52. The van der Waals surface area contributed by atoms with Gasteiger partial charge in [-0.05, 0) is 54.8 Å². The van der Waals surface area contributed by atoms with E-state index in [1.807, 2.05) is 6.07 Å². The number of rotatable bonds is 10. The Labute approximate surface area is 213 Å². The van der Waals surface area contributed by atoms with Gasteiger partial charge < -0.3 is 15.2 Å². The number of hydrogen-bond donors (Lipinski definition) is 3. The summed E-state index contributed by atoms with van der Waals surface area (Å²) in [5, 5.41) is 24.2. The molecule has 188 valence electrons. The molecule has 0 saturated carbocycles. The smallest absolute Gasteiger partial charge is 0.258 e. The number of nitriles is 1. The number of amides is 2. The summed E-state index contributed by atoms with van der Waals surface area (Å²) in [4.78, 5) is 34.6. The van der Waals surface area contributed by atoms with E-state index in [1.165, 1.54) is 12.3 Å². The second-order valence-electron chi connectivity index (χ2n) is 8.32. The number of carbonyl (C=O) groups is 2. The fourth-order valence-electron chi connectivity index (χ4n) is 3.80. The van der Waals surface area contributed by atoms with E-state index in [9.17, 15) is 14.7 Å². The number of anilines is 1. The lowest BCUT2D eigenvalue weighted by atomic mass is 10.1. The van der Waals surface area contributed by atoms with Crippen LogP contribution in [0.1, 0.15) is 38.3 Å². The summed E-state index contributed by atoms with van der Waals surface area (Å²) in [6, 6.07) is 16.9. The second kappa shape index (κ2) is 11.8. The molecule has 0 atom stereocenters. The number of benzene rings is 2. The van der Waals surface area contributed by atoms with Crippen molar-refractivity contribution in [3.05, 3.63) is 83.0 Å². The van der Waals surface area contributed by atoms with Crippen molar-refractivity contribution in [2.75, 3.05) is 25.6 Å². The molecule has 0 spiro atoms. The molecule has 0 aliphatic heterocycles. The molecule has 3 N–H and O–H groups in total. The first-order valence-corrected chi connectivity index (χ1v) is 11.7. The highest BCUT2D eigenvalue weighted by Crippen LogP contribution is 2.21. The maximum Gasteiger partial charge on any atom is 0.258 e. The highest BCUT2D eigenvalue weighted by atomic mass is 16.5. The molecule has 0 fully saturated rings. The zero-order valence-electron chi connectivity index (χ0n) is 20.3. The quantitative estimate of drug-likeness (QED) is 0.285.